The highest BCUT2D eigenvalue weighted by atomic mass is 19.4. The molecule has 4 rings (SSSR count). The first-order chi connectivity index (χ1) is 16.2. The van der Waals surface area contributed by atoms with Gasteiger partial charge in [0.05, 0.1) is 18.8 Å². The van der Waals surface area contributed by atoms with Crippen molar-refractivity contribution in [3.05, 3.63) is 35.5 Å². The van der Waals surface area contributed by atoms with Gasteiger partial charge in [-0.15, -0.1) is 0 Å². The Morgan fingerprint density at radius 3 is 2.65 bits per heavy atom. The second kappa shape index (κ2) is 10.1. The number of aryl methyl sites for hydroxylation is 2. The summed E-state index contributed by atoms with van der Waals surface area (Å²) < 4.78 is 43.9. The van der Waals surface area contributed by atoms with Crippen molar-refractivity contribution in [1.29, 1.82) is 0 Å². The van der Waals surface area contributed by atoms with Crippen LogP contribution >= 0.6 is 0 Å². The van der Waals surface area contributed by atoms with E-state index in [1.54, 1.807) is 4.68 Å². The molecule has 11 heteroatoms. The standard InChI is InChI=1S/C23H30F3N7O/c1-4-18-19-20(33(31-18)11-12-34-14-23(24,25)26)21(28-17-7-5-15(2)6-8-17)30-22(29-19)32-10-9-27-16(3)13-32/h5-8,16,27H,4,9-14H2,1-3H3,(H,28,29,30). The van der Waals surface area contributed by atoms with Crippen LogP contribution in [-0.4, -0.2) is 64.8 Å². The number of halogens is 3. The quantitative estimate of drug-likeness (QED) is 0.478. The number of benzene rings is 1. The molecule has 2 aromatic heterocycles. The third kappa shape index (κ3) is 5.76. The number of hydrogen-bond donors (Lipinski definition) is 2. The Balaban J connectivity index is 1.73. The number of ether oxygens (including phenoxy) is 1. The van der Waals surface area contributed by atoms with Crippen LogP contribution in [-0.2, 0) is 17.7 Å². The van der Waals surface area contributed by atoms with Gasteiger partial charge in [-0.2, -0.15) is 23.3 Å². The van der Waals surface area contributed by atoms with Gasteiger partial charge in [0.2, 0.25) is 5.95 Å². The number of nitrogens with zero attached hydrogens (tertiary/aromatic N) is 5. The summed E-state index contributed by atoms with van der Waals surface area (Å²) in [4.78, 5) is 11.8. The number of aromatic nitrogens is 4. The molecule has 1 atom stereocenters. The van der Waals surface area contributed by atoms with Crippen LogP contribution in [0.25, 0.3) is 11.0 Å². The van der Waals surface area contributed by atoms with Crippen molar-refractivity contribution in [1.82, 2.24) is 25.1 Å². The smallest absolute Gasteiger partial charge is 0.370 e. The molecule has 0 saturated carbocycles. The number of fused-ring (bicyclic) bond motifs is 1. The van der Waals surface area contributed by atoms with E-state index in [0.717, 1.165) is 36.6 Å². The molecule has 1 unspecified atom stereocenters. The second-order valence-electron chi connectivity index (χ2n) is 8.55. The van der Waals surface area contributed by atoms with Gasteiger partial charge in [-0.25, -0.2) is 4.98 Å². The Hall–Kier alpha value is -2.92. The van der Waals surface area contributed by atoms with Crippen molar-refractivity contribution < 1.29 is 17.9 Å². The summed E-state index contributed by atoms with van der Waals surface area (Å²) in [6.07, 6.45) is -3.73. The maximum Gasteiger partial charge on any atom is 0.411 e. The third-order valence-electron chi connectivity index (χ3n) is 5.66. The number of hydrogen-bond acceptors (Lipinski definition) is 7. The van der Waals surface area contributed by atoms with Crippen LogP contribution in [0, 0.1) is 6.92 Å². The van der Waals surface area contributed by atoms with E-state index in [1.165, 1.54) is 0 Å². The van der Waals surface area contributed by atoms with Crippen molar-refractivity contribution in [3.63, 3.8) is 0 Å². The van der Waals surface area contributed by atoms with E-state index in [0.29, 0.717) is 35.3 Å². The van der Waals surface area contributed by atoms with E-state index in [2.05, 4.69) is 27.6 Å². The highest BCUT2D eigenvalue weighted by Gasteiger charge is 2.28. The molecule has 1 fully saturated rings. The Morgan fingerprint density at radius 2 is 1.97 bits per heavy atom. The summed E-state index contributed by atoms with van der Waals surface area (Å²) in [6.45, 7) is 7.24. The minimum atomic E-state index is -4.36. The Bertz CT molecular complexity index is 1110. The van der Waals surface area contributed by atoms with Crippen LogP contribution < -0.4 is 15.5 Å². The lowest BCUT2D eigenvalue weighted by molar-refractivity contribution is -0.174. The average molecular weight is 478 g/mol. The van der Waals surface area contributed by atoms with Gasteiger partial charge in [0.15, 0.2) is 5.82 Å². The number of piperazine rings is 1. The van der Waals surface area contributed by atoms with E-state index in [9.17, 15) is 13.2 Å². The lowest BCUT2D eigenvalue weighted by Gasteiger charge is -2.32. The van der Waals surface area contributed by atoms with Gasteiger partial charge in [-0.3, -0.25) is 4.68 Å². The van der Waals surface area contributed by atoms with E-state index in [1.807, 2.05) is 38.1 Å². The van der Waals surface area contributed by atoms with Gasteiger partial charge < -0.3 is 20.3 Å². The fourth-order valence-electron chi connectivity index (χ4n) is 3.99. The molecule has 8 nitrogen and oxygen atoms in total. The molecule has 2 N–H and O–H groups in total. The predicted octanol–water partition coefficient (Wildman–Crippen LogP) is 3.82. The zero-order chi connectivity index (χ0) is 24.3. The Kier molecular flexibility index (Phi) is 7.22. The first-order valence-electron chi connectivity index (χ1n) is 11.5. The highest BCUT2D eigenvalue weighted by Crippen LogP contribution is 2.29. The molecule has 1 aliphatic rings. The van der Waals surface area contributed by atoms with Crippen LogP contribution in [0.5, 0.6) is 0 Å². The van der Waals surface area contributed by atoms with Gasteiger partial charge >= 0.3 is 6.18 Å². The third-order valence-corrected chi connectivity index (χ3v) is 5.66. The molecule has 34 heavy (non-hydrogen) atoms. The lowest BCUT2D eigenvalue weighted by Crippen LogP contribution is -2.49. The Morgan fingerprint density at radius 1 is 1.21 bits per heavy atom. The largest absolute Gasteiger partial charge is 0.411 e. The monoisotopic (exact) mass is 477 g/mol. The summed E-state index contributed by atoms with van der Waals surface area (Å²) >= 11 is 0. The van der Waals surface area contributed by atoms with Gasteiger partial charge in [-0.1, -0.05) is 24.6 Å². The van der Waals surface area contributed by atoms with Crippen LogP contribution in [0.4, 0.5) is 30.6 Å². The molecule has 0 bridgehead atoms. The van der Waals surface area contributed by atoms with Crippen molar-refractivity contribution in [2.45, 2.75) is 46.0 Å². The van der Waals surface area contributed by atoms with Crippen molar-refractivity contribution in [2.75, 3.05) is 43.1 Å². The zero-order valence-corrected chi connectivity index (χ0v) is 19.6. The molecule has 1 saturated heterocycles. The van der Waals surface area contributed by atoms with Crippen LogP contribution in [0.2, 0.25) is 0 Å². The molecular formula is C23H30F3N7O. The zero-order valence-electron chi connectivity index (χ0n) is 19.6. The summed E-state index contributed by atoms with van der Waals surface area (Å²) in [6, 6.07) is 8.23. The molecule has 1 aromatic carbocycles. The second-order valence-corrected chi connectivity index (χ2v) is 8.55. The average Bonchev–Trinajstić information content (AvgIpc) is 3.15. The molecule has 0 aliphatic carbocycles. The van der Waals surface area contributed by atoms with E-state index >= 15 is 0 Å². The molecule has 184 valence electrons. The van der Waals surface area contributed by atoms with Crippen LogP contribution in [0.1, 0.15) is 25.1 Å². The van der Waals surface area contributed by atoms with Crippen molar-refractivity contribution >= 4 is 28.5 Å². The number of nitrogens with one attached hydrogen (secondary N) is 2. The van der Waals surface area contributed by atoms with Crippen molar-refractivity contribution in [3.8, 4) is 0 Å². The minimum Gasteiger partial charge on any atom is -0.370 e. The molecular weight excluding hydrogens is 447 g/mol. The van der Waals surface area contributed by atoms with Crippen LogP contribution in [0.3, 0.4) is 0 Å². The maximum absolute atomic E-state index is 12.5. The van der Waals surface area contributed by atoms with Gasteiger partial charge in [0.25, 0.3) is 0 Å². The topological polar surface area (TPSA) is 80.1 Å². The first-order valence-corrected chi connectivity index (χ1v) is 11.5. The summed E-state index contributed by atoms with van der Waals surface area (Å²) in [5.41, 5.74) is 4.10. The van der Waals surface area contributed by atoms with Gasteiger partial charge in [0, 0.05) is 31.4 Å². The summed E-state index contributed by atoms with van der Waals surface area (Å²) in [5.74, 6) is 1.18. The Labute approximate surface area is 196 Å². The molecule has 1 aliphatic heterocycles. The normalized spacial score (nSPS) is 16.9. The van der Waals surface area contributed by atoms with Gasteiger partial charge in [0.1, 0.15) is 17.6 Å². The predicted molar refractivity (Wildman–Crippen MR) is 126 cm³/mol. The highest BCUT2D eigenvalue weighted by molar-refractivity contribution is 5.90. The number of anilines is 3. The summed E-state index contributed by atoms with van der Waals surface area (Å²) in [5, 5.41) is 11.4. The fraction of sp³-hybridized carbons (Fsp3) is 0.522. The molecule has 3 heterocycles. The first kappa shape index (κ1) is 24.2. The maximum atomic E-state index is 12.5. The molecule has 3 aromatic rings. The summed E-state index contributed by atoms with van der Waals surface area (Å²) in [7, 11) is 0. The molecule has 0 spiro atoms. The minimum absolute atomic E-state index is 0.125. The van der Waals surface area contributed by atoms with Crippen LogP contribution in [0.15, 0.2) is 24.3 Å². The van der Waals surface area contributed by atoms with E-state index in [4.69, 9.17) is 14.7 Å². The molecule has 0 radical (unpaired) electrons. The van der Waals surface area contributed by atoms with Crippen molar-refractivity contribution in [2.24, 2.45) is 0 Å². The van der Waals surface area contributed by atoms with E-state index in [-0.39, 0.29) is 13.2 Å². The van der Waals surface area contributed by atoms with E-state index < -0.39 is 12.8 Å². The lowest BCUT2D eigenvalue weighted by atomic mass is 10.2. The fourth-order valence-corrected chi connectivity index (χ4v) is 3.99. The van der Waals surface area contributed by atoms with Gasteiger partial charge in [-0.05, 0) is 32.4 Å². The SMILES string of the molecule is CCc1nn(CCOCC(F)(F)F)c2c(Nc3ccc(C)cc3)nc(N3CCNC(C)C3)nc12. The number of rotatable bonds is 8. The number of alkyl halides is 3. The molecule has 0 amide bonds.